The Morgan fingerprint density at radius 3 is 2.89 bits per heavy atom. The molecular formula is C14H16ClNO2S. The van der Waals surface area contributed by atoms with Gasteiger partial charge < -0.3 is 15.2 Å². The first-order chi connectivity index (χ1) is 9.24. The van der Waals surface area contributed by atoms with Crippen LogP contribution >= 0.6 is 22.9 Å². The minimum atomic E-state index is -0.0850. The Labute approximate surface area is 121 Å². The van der Waals surface area contributed by atoms with Gasteiger partial charge >= 0.3 is 0 Å². The molecule has 0 bridgehead atoms. The lowest BCUT2D eigenvalue weighted by Gasteiger charge is -2.12. The van der Waals surface area contributed by atoms with Crippen LogP contribution in [0.4, 0.5) is 5.69 Å². The summed E-state index contributed by atoms with van der Waals surface area (Å²) >= 11 is 7.92. The Hall–Kier alpha value is -1.23. The number of benzene rings is 1. The van der Waals surface area contributed by atoms with Gasteiger partial charge in [0.05, 0.1) is 24.4 Å². The zero-order valence-corrected chi connectivity index (χ0v) is 12.2. The molecule has 1 aromatic carbocycles. The van der Waals surface area contributed by atoms with Crippen LogP contribution in [0, 0.1) is 0 Å². The minimum absolute atomic E-state index is 0.0850. The van der Waals surface area contributed by atoms with Crippen molar-refractivity contribution in [3.63, 3.8) is 0 Å². The van der Waals surface area contributed by atoms with Gasteiger partial charge in [-0.3, -0.25) is 0 Å². The van der Waals surface area contributed by atoms with E-state index < -0.39 is 0 Å². The SMILES string of the molecule is COc1cc(NCCc2cccs2)c(Cl)cc1CO. The van der Waals surface area contributed by atoms with E-state index in [1.165, 1.54) is 4.88 Å². The van der Waals surface area contributed by atoms with Crippen molar-refractivity contribution in [1.29, 1.82) is 0 Å². The molecule has 0 saturated heterocycles. The van der Waals surface area contributed by atoms with Gasteiger partial charge in [-0.05, 0) is 23.9 Å². The standard InChI is InChI=1S/C14H16ClNO2S/c1-18-14-8-13(12(15)7-10(14)9-17)16-5-4-11-3-2-6-19-11/h2-3,6-8,16-17H,4-5,9H2,1H3. The van der Waals surface area contributed by atoms with Gasteiger partial charge in [0.25, 0.3) is 0 Å². The molecule has 0 unspecified atom stereocenters. The molecule has 0 aliphatic carbocycles. The van der Waals surface area contributed by atoms with Crippen molar-refractivity contribution in [3.05, 3.63) is 45.1 Å². The zero-order chi connectivity index (χ0) is 13.7. The smallest absolute Gasteiger partial charge is 0.126 e. The normalized spacial score (nSPS) is 10.5. The second kappa shape index (κ2) is 6.80. The molecule has 0 radical (unpaired) electrons. The molecule has 0 amide bonds. The number of aliphatic hydroxyl groups excluding tert-OH is 1. The number of nitrogens with one attached hydrogen (secondary N) is 1. The van der Waals surface area contributed by atoms with Crippen LogP contribution in [0.25, 0.3) is 0 Å². The van der Waals surface area contributed by atoms with Crippen molar-refractivity contribution in [1.82, 2.24) is 0 Å². The van der Waals surface area contributed by atoms with Gasteiger partial charge in [0.1, 0.15) is 5.75 Å². The summed E-state index contributed by atoms with van der Waals surface area (Å²) in [5.41, 5.74) is 1.52. The Bertz CT molecular complexity index is 528. The third-order valence-electron chi connectivity index (χ3n) is 2.81. The summed E-state index contributed by atoms with van der Waals surface area (Å²) in [7, 11) is 1.58. The van der Waals surface area contributed by atoms with Gasteiger partial charge in [-0.25, -0.2) is 0 Å². The Kier molecular flexibility index (Phi) is 5.07. The van der Waals surface area contributed by atoms with Crippen LogP contribution in [-0.2, 0) is 13.0 Å². The summed E-state index contributed by atoms with van der Waals surface area (Å²) < 4.78 is 5.23. The summed E-state index contributed by atoms with van der Waals surface area (Å²) in [5.74, 6) is 0.644. The molecule has 19 heavy (non-hydrogen) atoms. The van der Waals surface area contributed by atoms with Gasteiger partial charge in [0.2, 0.25) is 0 Å². The highest BCUT2D eigenvalue weighted by Gasteiger charge is 2.08. The second-order valence-corrected chi connectivity index (χ2v) is 5.50. The maximum Gasteiger partial charge on any atom is 0.126 e. The Balaban J connectivity index is 2.03. The van der Waals surface area contributed by atoms with Gasteiger partial charge in [0.15, 0.2) is 0 Å². The topological polar surface area (TPSA) is 41.5 Å². The predicted octanol–water partition coefficient (Wildman–Crippen LogP) is 3.56. The number of ether oxygens (including phenoxy) is 1. The van der Waals surface area contributed by atoms with Gasteiger partial charge in [0, 0.05) is 23.1 Å². The van der Waals surface area contributed by atoms with E-state index >= 15 is 0 Å². The van der Waals surface area contributed by atoms with Crippen molar-refractivity contribution < 1.29 is 9.84 Å². The number of halogens is 1. The van der Waals surface area contributed by atoms with Crippen LogP contribution in [0.2, 0.25) is 5.02 Å². The number of anilines is 1. The lowest BCUT2D eigenvalue weighted by atomic mass is 10.2. The van der Waals surface area contributed by atoms with Gasteiger partial charge in [-0.1, -0.05) is 17.7 Å². The van der Waals surface area contributed by atoms with Crippen molar-refractivity contribution in [2.45, 2.75) is 13.0 Å². The van der Waals surface area contributed by atoms with Crippen molar-refractivity contribution in [3.8, 4) is 5.75 Å². The molecule has 0 aliphatic heterocycles. The third-order valence-corrected chi connectivity index (χ3v) is 4.06. The largest absolute Gasteiger partial charge is 0.496 e. The Morgan fingerprint density at radius 2 is 2.26 bits per heavy atom. The number of hydrogen-bond donors (Lipinski definition) is 2. The predicted molar refractivity (Wildman–Crippen MR) is 80.4 cm³/mol. The molecule has 1 heterocycles. The Morgan fingerprint density at radius 1 is 1.42 bits per heavy atom. The first-order valence-corrected chi connectivity index (χ1v) is 7.24. The van der Waals surface area contributed by atoms with Crippen LogP contribution in [0.3, 0.4) is 0 Å². The number of rotatable bonds is 6. The number of aliphatic hydroxyl groups is 1. The van der Waals surface area contributed by atoms with E-state index in [2.05, 4.69) is 16.8 Å². The van der Waals surface area contributed by atoms with Crippen LogP contribution in [-0.4, -0.2) is 18.8 Å². The van der Waals surface area contributed by atoms with E-state index in [-0.39, 0.29) is 6.61 Å². The summed E-state index contributed by atoms with van der Waals surface area (Å²) in [6.07, 6.45) is 0.956. The fourth-order valence-corrected chi connectivity index (χ4v) is 2.78. The van der Waals surface area contributed by atoms with Crippen molar-refractivity contribution >= 4 is 28.6 Å². The fourth-order valence-electron chi connectivity index (χ4n) is 1.82. The third kappa shape index (κ3) is 3.62. The molecule has 0 fully saturated rings. The second-order valence-electron chi connectivity index (χ2n) is 4.06. The number of thiophene rings is 1. The highest BCUT2D eigenvalue weighted by atomic mass is 35.5. The highest BCUT2D eigenvalue weighted by molar-refractivity contribution is 7.09. The van der Waals surface area contributed by atoms with Gasteiger partial charge in [-0.15, -0.1) is 11.3 Å². The average molecular weight is 298 g/mol. The lowest BCUT2D eigenvalue weighted by molar-refractivity contribution is 0.274. The molecule has 1 aromatic heterocycles. The fraction of sp³-hybridized carbons (Fsp3) is 0.286. The van der Waals surface area contributed by atoms with E-state index in [1.54, 1.807) is 24.5 Å². The van der Waals surface area contributed by atoms with E-state index in [1.807, 2.05) is 12.1 Å². The summed E-state index contributed by atoms with van der Waals surface area (Å²) in [6, 6.07) is 7.71. The first kappa shape index (κ1) is 14.2. The molecule has 0 aliphatic rings. The summed E-state index contributed by atoms with van der Waals surface area (Å²) in [5, 5.41) is 15.2. The molecule has 0 saturated carbocycles. The molecule has 2 N–H and O–H groups in total. The molecule has 2 rings (SSSR count). The maximum absolute atomic E-state index is 9.21. The molecule has 5 heteroatoms. The van der Waals surface area contributed by atoms with E-state index in [0.29, 0.717) is 16.3 Å². The molecule has 0 spiro atoms. The van der Waals surface area contributed by atoms with Crippen LogP contribution in [0.15, 0.2) is 29.6 Å². The van der Waals surface area contributed by atoms with Crippen LogP contribution in [0.5, 0.6) is 5.75 Å². The zero-order valence-electron chi connectivity index (χ0n) is 10.6. The van der Waals surface area contributed by atoms with E-state index in [0.717, 1.165) is 18.7 Å². The molecule has 2 aromatic rings. The first-order valence-electron chi connectivity index (χ1n) is 5.98. The summed E-state index contributed by atoms with van der Waals surface area (Å²) in [6.45, 7) is 0.722. The number of hydrogen-bond acceptors (Lipinski definition) is 4. The van der Waals surface area contributed by atoms with Crippen LogP contribution < -0.4 is 10.1 Å². The number of methoxy groups -OCH3 is 1. The van der Waals surface area contributed by atoms with E-state index in [9.17, 15) is 5.11 Å². The highest BCUT2D eigenvalue weighted by Crippen LogP contribution is 2.31. The molecule has 102 valence electrons. The van der Waals surface area contributed by atoms with Crippen LogP contribution in [0.1, 0.15) is 10.4 Å². The maximum atomic E-state index is 9.21. The molecule has 3 nitrogen and oxygen atoms in total. The summed E-state index contributed by atoms with van der Waals surface area (Å²) in [4.78, 5) is 1.34. The minimum Gasteiger partial charge on any atom is -0.496 e. The monoisotopic (exact) mass is 297 g/mol. The quantitative estimate of drug-likeness (QED) is 0.856. The molecule has 0 atom stereocenters. The molecular weight excluding hydrogens is 282 g/mol. The van der Waals surface area contributed by atoms with Gasteiger partial charge in [-0.2, -0.15) is 0 Å². The lowest BCUT2D eigenvalue weighted by Crippen LogP contribution is -2.05. The van der Waals surface area contributed by atoms with E-state index in [4.69, 9.17) is 16.3 Å². The average Bonchev–Trinajstić information content (AvgIpc) is 2.93. The van der Waals surface area contributed by atoms with Crippen molar-refractivity contribution in [2.75, 3.05) is 19.0 Å². The van der Waals surface area contributed by atoms with Crippen molar-refractivity contribution in [2.24, 2.45) is 0 Å².